The van der Waals surface area contributed by atoms with Crippen LogP contribution in [0, 0.1) is 0 Å². The lowest BCUT2D eigenvalue weighted by Gasteiger charge is -2.30. The van der Waals surface area contributed by atoms with E-state index in [-0.39, 0.29) is 24.6 Å². The Morgan fingerprint density at radius 2 is 2.24 bits per heavy atom. The van der Waals surface area contributed by atoms with Crippen LogP contribution in [0.2, 0.25) is 5.02 Å². The Morgan fingerprint density at radius 3 is 2.86 bits per heavy atom. The molecule has 0 N–H and O–H groups in total. The lowest BCUT2D eigenvalue weighted by Crippen LogP contribution is -2.48. The Morgan fingerprint density at radius 1 is 1.52 bits per heavy atom. The molecule has 0 radical (unpaired) electrons. The number of nitrogens with zero attached hydrogens (tertiary/aromatic N) is 1. The van der Waals surface area contributed by atoms with Crippen LogP contribution < -0.4 is 0 Å². The SMILES string of the molecule is COC(=O)C1CN(S(=O)(=O)c2ccc(Cl)c(Br)c2)CCO1. The number of morpholine rings is 1. The molecule has 0 spiro atoms. The van der Waals surface area contributed by atoms with Crippen molar-refractivity contribution in [2.24, 2.45) is 0 Å². The van der Waals surface area contributed by atoms with E-state index >= 15 is 0 Å². The molecule has 1 heterocycles. The molecule has 0 aromatic heterocycles. The molecule has 0 aliphatic carbocycles. The average molecular weight is 399 g/mol. The minimum Gasteiger partial charge on any atom is -0.467 e. The van der Waals surface area contributed by atoms with E-state index in [4.69, 9.17) is 16.3 Å². The lowest BCUT2D eigenvalue weighted by atomic mass is 10.3. The lowest BCUT2D eigenvalue weighted by molar-refractivity contribution is -0.157. The van der Waals surface area contributed by atoms with Crippen molar-refractivity contribution in [3.63, 3.8) is 0 Å². The molecule has 1 atom stereocenters. The van der Waals surface area contributed by atoms with Gasteiger partial charge in [-0.1, -0.05) is 11.6 Å². The maximum absolute atomic E-state index is 12.6. The number of methoxy groups -OCH3 is 1. The van der Waals surface area contributed by atoms with Crippen LogP contribution in [-0.2, 0) is 24.3 Å². The third-order valence-electron chi connectivity index (χ3n) is 3.02. The van der Waals surface area contributed by atoms with Crippen LogP contribution in [0.3, 0.4) is 0 Å². The van der Waals surface area contributed by atoms with E-state index in [1.54, 1.807) is 0 Å². The van der Waals surface area contributed by atoms with Crippen molar-refractivity contribution < 1.29 is 22.7 Å². The molecule has 6 nitrogen and oxygen atoms in total. The molecule has 9 heteroatoms. The highest BCUT2D eigenvalue weighted by Crippen LogP contribution is 2.27. The van der Waals surface area contributed by atoms with Crippen LogP contribution in [0.1, 0.15) is 0 Å². The highest BCUT2D eigenvalue weighted by molar-refractivity contribution is 9.10. The molecule has 1 fully saturated rings. The van der Waals surface area contributed by atoms with Gasteiger partial charge in [0.05, 0.1) is 30.2 Å². The van der Waals surface area contributed by atoms with Crippen LogP contribution >= 0.6 is 27.5 Å². The van der Waals surface area contributed by atoms with Gasteiger partial charge in [0, 0.05) is 11.0 Å². The van der Waals surface area contributed by atoms with Crippen LogP contribution in [0.4, 0.5) is 0 Å². The van der Waals surface area contributed by atoms with E-state index in [2.05, 4.69) is 20.7 Å². The number of rotatable bonds is 3. The smallest absolute Gasteiger partial charge is 0.336 e. The van der Waals surface area contributed by atoms with E-state index in [0.717, 1.165) is 0 Å². The molecule has 1 aromatic carbocycles. The summed E-state index contributed by atoms with van der Waals surface area (Å²) in [5, 5.41) is 0.420. The first-order valence-corrected chi connectivity index (χ1v) is 8.62. The first-order valence-electron chi connectivity index (χ1n) is 6.01. The standard InChI is InChI=1S/C12H13BrClNO5S/c1-19-12(16)11-7-15(4-5-20-11)21(17,18)8-2-3-10(14)9(13)6-8/h2-3,6,11H,4-5,7H2,1H3. The van der Waals surface area contributed by atoms with Gasteiger partial charge in [-0.05, 0) is 34.1 Å². The predicted octanol–water partition coefficient (Wildman–Crippen LogP) is 1.66. The fourth-order valence-corrected chi connectivity index (χ4v) is 4.00. The maximum atomic E-state index is 12.6. The number of hydrogen-bond donors (Lipinski definition) is 0. The Bertz CT molecular complexity index is 651. The van der Waals surface area contributed by atoms with Crippen molar-refractivity contribution in [2.75, 3.05) is 26.8 Å². The second kappa shape index (κ2) is 6.62. The van der Waals surface area contributed by atoms with E-state index in [9.17, 15) is 13.2 Å². The van der Waals surface area contributed by atoms with E-state index in [1.165, 1.54) is 29.6 Å². The highest BCUT2D eigenvalue weighted by atomic mass is 79.9. The Labute approximate surface area is 136 Å². The van der Waals surface area contributed by atoms with Gasteiger partial charge in [0.25, 0.3) is 0 Å². The molecule has 1 unspecified atom stereocenters. The molecular formula is C12H13BrClNO5S. The van der Waals surface area contributed by atoms with Gasteiger partial charge in [-0.2, -0.15) is 4.31 Å². The second-order valence-electron chi connectivity index (χ2n) is 4.32. The van der Waals surface area contributed by atoms with Gasteiger partial charge in [0.15, 0.2) is 6.10 Å². The Balaban J connectivity index is 2.26. The molecular weight excluding hydrogens is 386 g/mol. The van der Waals surface area contributed by atoms with Crippen LogP contribution in [-0.4, -0.2) is 51.6 Å². The number of benzene rings is 1. The molecule has 1 aliphatic rings. The summed E-state index contributed by atoms with van der Waals surface area (Å²) in [6.45, 7) is 0.235. The third-order valence-corrected chi connectivity index (χ3v) is 6.10. The number of sulfonamides is 1. The summed E-state index contributed by atoms with van der Waals surface area (Å²) >= 11 is 9.06. The summed E-state index contributed by atoms with van der Waals surface area (Å²) in [5.74, 6) is -0.591. The number of ether oxygens (including phenoxy) is 2. The molecule has 1 aromatic rings. The molecule has 1 aliphatic heterocycles. The van der Waals surface area contributed by atoms with Crippen molar-refractivity contribution >= 4 is 43.5 Å². The highest BCUT2D eigenvalue weighted by Gasteiger charge is 2.34. The quantitative estimate of drug-likeness (QED) is 0.724. The molecule has 2 rings (SSSR count). The normalized spacial score (nSPS) is 20.2. The topological polar surface area (TPSA) is 72.9 Å². The maximum Gasteiger partial charge on any atom is 0.336 e. The Kier molecular flexibility index (Phi) is 5.26. The summed E-state index contributed by atoms with van der Waals surface area (Å²) in [5.41, 5.74) is 0. The van der Waals surface area contributed by atoms with Crippen LogP contribution in [0.5, 0.6) is 0 Å². The van der Waals surface area contributed by atoms with Gasteiger partial charge in [-0.15, -0.1) is 0 Å². The summed E-state index contributed by atoms with van der Waals surface area (Å²) < 4.78 is 36.6. The second-order valence-corrected chi connectivity index (χ2v) is 7.52. The van der Waals surface area contributed by atoms with Gasteiger partial charge < -0.3 is 9.47 Å². The predicted molar refractivity (Wildman–Crippen MR) is 79.7 cm³/mol. The minimum absolute atomic E-state index is 0.0742. The van der Waals surface area contributed by atoms with Gasteiger partial charge in [-0.25, -0.2) is 13.2 Å². The van der Waals surface area contributed by atoms with Crippen molar-refractivity contribution in [3.05, 3.63) is 27.7 Å². The fraction of sp³-hybridized carbons (Fsp3) is 0.417. The first-order chi connectivity index (χ1) is 9.86. The van der Waals surface area contributed by atoms with E-state index in [0.29, 0.717) is 9.50 Å². The van der Waals surface area contributed by atoms with E-state index in [1.807, 2.05) is 0 Å². The van der Waals surface area contributed by atoms with Crippen molar-refractivity contribution in [1.82, 2.24) is 4.31 Å². The number of carbonyl (C=O) groups excluding carboxylic acids is 1. The van der Waals surface area contributed by atoms with E-state index < -0.39 is 22.1 Å². The van der Waals surface area contributed by atoms with Gasteiger partial charge in [-0.3, -0.25) is 0 Å². The largest absolute Gasteiger partial charge is 0.467 e. The molecule has 116 valence electrons. The molecule has 0 saturated carbocycles. The first kappa shape index (κ1) is 16.7. The molecule has 0 bridgehead atoms. The van der Waals surface area contributed by atoms with Crippen LogP contribution in [0.25, 0.3) is 0 Å². The summed E-state index contributed by atoms with van der Waals surface area (Å²) in [7, 11) is -2.49. The summed E-state index contributed by atoms with van der Waals surface area (Å²) in [6, 6.07) is 4.35. The zero-order valence-electron chi connectivity index (χ0n) is 11.1. The number of halogens is 2. The fourth-order valence-electron chi connectivity index (χ4n) is 1.90. The van der Waals surface area contributed by atoms with Gasteiger partial charge in [0.2, 0.25) is 10.0 Å². The van der Waals surface area contributed by atoms with Crippen molar-refractivity contribution in [1.29, 1.82) is 0 Å². The monoisotopic (exact) mass is 397 g/mol. The molecule has 21 heavy (non-hydrogen) atoms. The Hall–Kier alpha value is -0.670. The zero-order valence-corrected chi connectivity index (χ0v) is 14.2. The van der Waals surface area contributed by atoms with Crippen LogP contribution in [0.15, 0.2) is 27.6 Å². The van der Waals surface area contributed by atoms with Gasteiger partial charge >= 0.3 is 5.97 Å². The number of hydrogen-bond acceptors (Lipinski definition) is 5. The summed E-state index contributed by atoms with van der Waals surface area (Å²) in [4.78, 5) is 11.6. The molecule has 1 saturated heterocycles. The number of carbonyl (C=O) groups is 1. The van der Waals surface area contributed by atoms with Crippen molar-refractivity contribution in [2.45, 2.75) is 11.0 Å². The molecule has 0 amide bonds. The zero-order chi connectivity index (χ0) is 15.6. The summed E-state index contributed by atoms with van der Waals surface area (Å²) in [6.07, 6.45) is -0.908. The minimum atomic E-state index is -3.72. The van der Waals surface area contributed by atoms with Gasteiger partial charge in [0.1, 0.15) is 0 Å². The third kappa shape index (κ3) is 3.57. The average Bonchev–Trinajstić information content (AvgIpc) is 2.49. The van der Waals surface area contributed by atoms with Crippen molar-refractivity contribution in [3.8, 4) is 0 Å². The number of esters is 1.